The number of ether oxygens (including phenoxy) is 1. The summed E-state index contributed by atoms with van der Waals surface area (Å²) in [7, 11) is 1.29. The van der Waals surface area contributed by atoms with Gasteiger partial charge in [-0.25, -0.2) is 4.79 Å². The Morgan fingerprint density at radius 1 is 0.714 bits per heavy atom. The van der Waals surface area contributed by atoms with Crippen molar-refractivity contribution in [2.24, 2.45) is 0 Å². The summed E-state index contributed by atoms with van der Waals surface area (Å²) in [6.07, 6.45) is 0. The number of benzene rings is 2. The molecule has 3 rings (SSSR count). The molecule has 3 aromatic rings. The highest BCUT2D eigenvalue weighted by Crippen LogP contribution is 2.21. The lowest BCUT2D eigenvalue weighted by Crippen LogP contribution is -2.13. The van der Waals surface area contributed by atoms with Crippen molar-refractivity contribution in [1.82, 2.24) is 15.0 Å². The molecule has 0 radical (unpaired) electrons. The molecule has 0 saturated heterocycles. The van der Waals surface area contributed by atoms with Crippen LogP contribution in [0, 0.1) is 27.7 Å². The summed E-state index contributed by atoms with van der Waals surface area (Å²) < 4.78 is 4.78. The zero-order valence-corrected chi connectivity index (χ0v) is 16.6. The van der Waals surface area contributed by atoms with Gasteiger partial charge in [-0.1, -0.05) is 12.1 Å². The molecule has 0 fully saturated rings. The second-order valence-electron chi connectivity index (χ2n) is 6.80. The van der Waals surface area contributed by atoms with Gasteiger partial charge >= 0.3 is 5.97 Å². The summed E-state index contributed by atoms with van der Waals surface area (Å²) in [6.45, 7) is 8.05. The Morgan fingerprint density at radius 3 is 1.46 bits per heavy atom. The van der Waals surface area contributed by atoms with E-state index in [1.54, 1.807) is 0 Å². The molecule has 0 bridgehead atoms. The van der Waals surface area contributed by atoms with Crippen molar-refractivity contribution in [2.75, 3.05) is 17.7 Å². The van der Waals surface area contributed by atoms with Gasteiger partial charge in [0.2, 0.25) is 17.7 Å². The normalized spacial score (nSPS) is 10.5. The maximum atomic E-state index is 12.0. The molecule has 0 aliphatic carbocycles. The third-order valence-corrected chi connectivity index (χ3v) is 3.96. The number of esters is 1. The Bertz CT molecular complexity index is 921. The van der Waals surface area contributed by atoms with E-state index in [2.05, 4.69) is 37.7 Å². The summed E-state index contributed by atoms with van der Waals surface area (Å²) in [5.41, 5.74) is 6.10. The van der Waals surface area contributed by atoms with E-state index in [0.717, 1.165) is 33.6 Å². The molecule has 1 heterocycles. The molecular formula is C21H23N5O2. The van der Waals surface area contributed by atoms with E-state index in [9.17, 15) is 4.79 Å². The number of carbonyl (C=O) groups excluding carboxylic acids is 1. The van der Waals surface area contributed by atoms with Crippen LogP contribution < -0.4 is 10.6 Å². The molecule has 0 aliphatic heterocycles. The first-order valence-corrected chi connectivity index (χ1v) is 8.87. The fourth-order valence-corrected chi connectivity index (χ4v) is 3.02. The minimum Gasteiger partial charge on any atom is -0.463 e. The summed E-state index contributed by atoms with van der Waals surface area (Å²) in [5, 5.41) is 6.29. The van der Waals surface area contributed by atoms with Crippen molar-refractivity contribution in [1.29, 1.82) is 0 Å². The van der Waals surface area contributed by atoms with Gasteiger partial charge in [-0.15, -0.1) is 0 Å². The average Bonchev–Trinajstić information content (AvgIpc) is 2.59. The van der Waals surface area contributed by atoms with Crippen LogP contribution in [0.3, 0.4) is 0 Å². The predicted molar refractivity (Wildman–Crippen MR) is 110 cm³/mol. The van der Waals surface area contributed by atoms with Crippen LogP contribution in [-0.2, 0) is 4.74 Å². The van der Waals surface area contributed by atoms with Crippen LogP contribution in [-0.4, -0.2) is 28.0 Å². The summed E-state index contributed by atoms with van der Waals surface area (Å²) >= 11 is 0. The van der Waals surface area contributed by atoms with Crippen LogP contribution in [0.4, 0.5) is 23.3 Å². The number of aromatic nitrogens is 3. The van der Waals surface area contributed by atoms with E-state index in [0.29, 0.717) is 0 Å². The first-order chi connectivity index (χ1) is 13.3. The van der Waals surface area contributed by atoms with E-state index in [4.69, 9.17) is 4.74 Å². The van der Waals surface area contributed by atoms with E-state index in [1.165, 1.54) is 7.11 Å². The Morgan fingerprint density at radius 2 is 1.11 bits per heavy atom. The Balaban J connectivity index is 1.97. The molecule has 2 N–H and O–H groups in total. The molecule has 0 unspecified atom stereocenters. The highest BCUT2D eigenvalue weighted by molar-refractivity contribution is 5.86. The van der Waals surface area contributed by atoms with Crippen molar-refractivity contribution in [2.45, 2.75) is 27.7 Å². The molecule has 0 atom stereocenters. The van der Waals surface area contributed by atoms with Gasteiger partial charge in [0, 0.05) is 11.4 Å². The lowest BCUT2D eigenvalue weighted by Gasteiger charge is -2.11. The molecular weight excluding hydrogens is 354 g/mol. The first kappa shape index (κ1) is 19.3. The smallest absolute Gasteiger partial charge is 0.376 e. The van der Waals surface area contributed by atoms with Gasteiger partial charge in [0.1, 0.15) is 0 Å². The van der Waals surface area contributed by atoms with Gasteiger partial charge < -0.3 is 15.4 Å². The average molecular weight is 377 g/mol. The van der Waals surface area contributed by atoms with Crippen molar-refractivity contribution in [3.8, 4) is 0 Å². The monoisotopic (exact) mass is 377 g/mol. The number of carbonyl (C=O) groups is 1. The first-order valence-electron chi connectivity index (χ1n) is 8.87. The third kappa shape index (κ3) is 4.82. The maximum Gasteiger partial charge on any atom is 0.376 e. The molecule has 2 aromatic carbocycles. The van der Waals surface area contributed by atoms with Crippen molar-refractivity contribution < 1.29 is 9.53 Å². The SMILES string of the molecule is COC(=O)c1nc(Nc2cc(C)cc(C)c2)nc(Nc2cc(C)cc(C)c2)n1. The van der Waals surface area contributed by atoms with Crippen molar-refractivity contribution >= 4 is 29.2 Å². The molecule has 0 saturated carbocycles. The zero-order chi connectivity index (χ0) is 20.3. The summed E-state index contributed by atoms with van der Waals surface area (Å²) in [5.74, 6) is -0.190. The highest BCUT2D eigenvalue weighted by atomic mass is 16.5. The van der Waals surface area contributed by atoms with Gasteiger partial charge in [-0.2, -0.15) is 15.0 Å². The maximum absolute atomic E-state index is 12.0. The second-order valence-corrected chi connectivity index (χ2v) is 6.80. The highest BCUT2D eigenvalue weighted by Gasteiger charge is 2.15. The number of anilines is 4. The standard InChI is InChI=1S/C21H23N5O2/c1-12-6-13(2)9-16(8-12)22-20-24-18(19(27)28-5)25-21(26-20)23-17-10-14(3)7-15(4)11-17/h6-11H,1-5H3,(H2,22,23,24,25,26). The summed E-state index contributed by atoms with van der Waals surface area (Å²) in [6, 6.07) is 12.1. The topological polar surface area (TPSA) is 89.0 Å². The lowest BCUT2D eigenvalue weighted by atomic mass is 10.1. The molecule has 0 amide bonds. The molecule has 0 spiro atoms. The van der Waals surface area contributed by atoms with Crippen LogP contribution in [0.2, 0.25) is 0 Å². The van der Waals surface area contributed by atoms with E-state index in [1.807, 2.05) is 52.0 Å². The molecule has 28 heavy (non-hydrogen) atoms. The quantitative estimate of drug-likeness (QED) is 0.638. The van der Waals surface area contributed by atoms with Gasteiger partial charge in [0.25, 0.3) is 0 Å². The zero-order valence-electron chi connectivity index (χ0n) is 16.6. The number of rotatable bonds is 5. The largest absolute Gasteiger partial charge is 0.463 e. The fraction of sp³-hybridized carbons (Fsp3) is 0.238. The Kier molecular flexibility index (Phi) is 5.54. The molecule has 7 nitrogen and oxygen atoms in total. The van der Waals surface area contributed by atoms with E-state index in [-0.39, 0.29) is 17.7 Å². The predicted octanol–water partition coefficient (Wildman–Crippen LogP) is 4.38. The van der Waals surface area contributed by atoms with Gasteiger partial charge in [-0.3, -0.25) is 0 Å². The van der Waals surface area contributed by atoms with Crippen LogP contribution in [0.1, 0.15) is 32.9 Å². The minimum atomic E-state index is -0.630. The van der Waals surface area contributed by atoms with E-state index >= 15 is 0 Å². The molecule has 144 valence electrons. The molecule has 1 aromatic heterocycles. The van der Waals surface area contributed by atoms with Crippen molar-refractivity contribution in [3.63, 3.8) is 0 Å². The molecule has 0 aliphatic rings. The van der Waals surface area contributed by atoms with Crippen LogP contribution in [0.5, 0.6) is 0 Å². The van der Waals surface area contributed by atoms with Gasteiger partial charge in [0.15, 0.2) is 0 Å². The lowest BCUT2D eigenvalue weighted by molar-refractivity contribution is 0.0586. The van der Waals surface area contributed by atoms with E-state index < -0.39 is 5.97 Å². The number of aryl methyl sites for hydroxylation is 4. The van der Waals surface area contributed by atoms with Crippen LogP contribution in [0.15, 0.2) is 36.4 Å². The van der Waals surface area contributed by atoms with Crippen molar-refractivity contribution in [3.05, 3.63) is 64.5 Å². The van der Waals surface area contributed by atoms with Crippen LogP contribution in [0.25, 0.3) is 0 Å². The minimum absolute atomic E-state index is 0.0729. The number of nitrogens with zero attached hydrogens (tertiary/aromatic N) is 3. The third-order valence-electron chi connectivity index (χ3n) is 3.96. The number of nitrogens with one attached hydrogen (secondary N) is 2. The number of methoxy groups -OCH3 is 1. The fourth-order valence-electron chi connectivity index (χ4n) is 3.02. The number of hydrogen-bond acceptors (Lipinski definition) is 7. The Labute approximate surface area is 164 Å². The molecule has 7 heteroatoms. The van der Waals surface area contributed by atoms with Gasteiger partial charge in [0.05, 0.1) is 7.11 Å². The number of hydrogen-bond donors (Lipinski definition) is 2. The second kappa shape index (κ2) is 8.04. The summed E-state index contributed by atoms with van der Waals surface area (Å²) in [4.78, 5) is 24.8. The van der Waals surface area contributed by atoms with Gasteiger partial charge in [-0.05, 0) is 74.2 Å². The Hall–Kier alpha value is -3.48. The van der Waals surface area contributed by atoms with Crippen LogP contribution >= 0.6 is 0 Å².